The van der Waals surface area contributed by atoms with Gasteiger partial charge in [0.1, 0.15) is 0 Å². The highest BCUT2D eigenvalue weighted by molar-refractivity contribution is 6.04. The second-order valence-electron chi connectivity index (χ2n) is 7.74. The minimum Gasteiger partial charge on any atom is -0.459 e. The Labute approximate surface area is 192 Å². The van der Waals surface area contributed by atoms with Gasteiger partial charge in [-0.25, -0.2) is 4.79 Å². The standard InChI is InChI=1S/C25H28N2O6/c1-16-8-9-19(14-21(16)26-24(29)23-7-5-12-32-23)25(30)33-15-22(28)20-13-17(2)27(18(20)3)10-6-11-31-4/h5,7-9,12-14H,6,10-11,15H2,1-4H3,(H,26,29). The molecule has 2 aromatic heterocycles. The molecule has 1 N–H and O–H groups in total. The van der Waals surface area contributed by atoms with Gasteiger partial charge in [0.05, 0.1) is 11.8 Å². The Morgan fingerprint density at radius 1 is 1.09 bits per heavy atom. The number of ether oxygens (including phenoxy) is 2. The van der Waals surface area contributed by atoms with Crippen LogP contribution in [0.1, 0.15) is 54.6 Å². The first-order chi connectivity index (χ1) is 15.8. The maximum Gasteiger partial charge on any atom is 0.338 e. The van der Waals surface area contributed by atoms with E-state index in [1.54, 1.807) is 38.3 Å². The number of anilines is 1. The third-order valence-corrected chi connectivity index (χ3v) is 5.41. The van der Waals surface area contributed by atoms with E-state index in [2.05, 4.69) is 9.88 Å². The molecule has 33 heavy (non-hydrogen) atoms. The maximum atomic E-state index is 12.7. The average molecular weight is 453 g/mol. The quantitative estimate of drug-likeness (QED) is 0.279. The molecular formula is C25H28N2O6. The summed E-state index contributed by atoms with van der Waals surface area (Å²) in [5.74, 6) is -1.18. The minimum atomic E-state index is -0.647. The van der Waals surface area contributed by atoms with Crippen molar-refractivity contribution in [3.63, 3.8) is 0 Å². The van der Waals surface area contributed by atoms with Crippen molar-refractivity contribution in [2.75, 3.05) is 25.6 Å². The number of methoxy groups -OCH3 is 1. The molecule has 0 saturated heterocycles. The van der Waals surface area contributed by atoms with E-state index in [9.17, 15) is 14.4 Å². The van der Waals surface area contributed by atoms with Crippen LogP contribution < -0.4 is 5.32 Å². The summed E-state index contributed by atoms with van der Waals surface area (Å²) in [7, 11) is 1.66. The van der Waals surface area contributed by atoms with Crippen LogP contribution in [-0.4, -0.2) is 42.6 Å². The number of carbonyl (C=O) groups is 3. The predicted octanol–water partition coefficient (Wildman–Crippen LogP) is 4.33. The zero-order chi connectivity index (χ0) is 24.0. The van der Waals surface area contributed by atoms with Crippen molar-refractivity contribution in [1.82, 2.24) is 4.57 Å². The van der Waals surface area contributed by atoms with Gasteiger partial charge < -0.3 is 23.8 Å². The van der Waals surface area contributed by atoms with Crippen LogP contribution in [-0.2, 0) is 16.0 Å². The molecule has 1 aromatic carbocycles. The van der Waals surface area contributed by atoms with Gasteiger partial charge in [-0.2, -0.15) is 0 Å². The first-order valence-corrected chi connectivity index (χ1v) is 10.6. The molecule has 2 heterocycles. The van der Waals surface area contributed by atoms with Crippen LogP contribution in [0.3, 0.4) is 0 Å². The molecule has 1 amide bonds. The Hall–Kier alpha value is -3.65. The Balaban J connectivity index is 1.64. The lowest BCUT2D eigenvalue weighted by atomic mass is 10.1. The number of esters is 1. The lowest BCUT2D eigenvalue weighted by molar-refractivity contribution is 0.0474. The number of rotatable bonds is 10. The fraction of sp³-hybridized carbons (Fsp3) is 0.320. The van der Waals surface area contributed by atoms with E-state index in [1.807, 2.05) is 19.9 Å². The zero-order valence-electron chi connectivity index (χ0n) is 19.3. The third-order valence-electron chi connectivity index (χ3n) is 5.41. The van der Waals surface area contributed by atoms with E-state index < -0.39 is 11.9 Å². The molecule has 0 bridgehead atoms. The van der Waals surface area contributed by atoms with E-state index in [-0.39, 0.29) is 23.7 Å². The number of nitrogens with one attached hydrogen (secondary N) is 1. The van der Waals surface area contributed by atoms with E-state index in [4.69, 9.17) is 13.9 Å². The first-order valence-electron chi connectivity index (χ1n) is 10.6. The highest BCUT2D eigenvalue weighted by atomic mass is 16.5. The van der Waals surface area contributed by atoms with Crippen molar-refractivity contribution >= 4 is 23.3 Å². The van der Waals surface area contributed by atoms with Gasteiger partial charge >= 0.3 is 5.97 Å². The second-order valence-corrected chi connectivity index (χ2v) is 7.74. The van der Waals surface area contributed by atoms with Gasteiger partial charge in [-0.3, -0.25) is 9.59 Å². The largest absolute Gasteiger partial charge is 0.459 e. The highest BCUT2D eigenvalue weighted by Crippen LogP contribution is 2.20. The van der Waals surface area contributed by atoms with Crippen LogP contribution in [0.2, 0.25) is 0 Å². The molecule has 0 saturated carbocycles. The Morgan fingerprint density at radius 2 is 1.88 bits per heavy atom. The van der Waals surface area contributed by atoms with Gasteiger partial charge in [-0.15, -0.1) is 0 Å². The Morgan fingerprint density at radius 3 is 2.58 bits per heavy atom. The van der Waals surface area contributed by atoms with Gasteiger partial charge in [0.25, 0.3) is 5.91 Å². The summed E-state index contributed by atoms with van der Waals surface area (Å²) < 4.78 is 17.5. The molecule has 0 aliphatic carbocycles. The average Bonchev–Trinajstić information content (AvgIpc) is 3.43. The number of ketones is 1. The molecule has 3 rings (SSSR count). The molecule has 0 aliphatic heterocycles. The van der Waals surface area contributed by atoms with Crippen LogP contribution in [0.4, 0.5) is 5.69 Å². The van der Waals surface area contributed by atoms with Gasteiger partial charge in [0, 0.05) is 42.9 Å². The molecule has 0 fully saturated rings. The molecule has 0 unspecified atom stereocenters. The molecule has 174 valence electrons. The fourth-order valence-electron chi connectivity index (χ4n) is 3.56. The first kappa shape index (κ1) is 24.0. The highest BCUT2D eigenvalue weighted by Gasteiger charge is 2.19. The van der Waals surface area contributed by atoms with Gasteiger partial charge in [0.2, 0.25) is 5.78 Å². The van der Waals surface area contributed by atoms with Crippen LogP contribution in [0.15, 0.2) is 47.1 Å². The van der Waals surface area contributed by atoms with Gasteiger partial charge in [-0.05, 0) is 63.1 Å². The number of Topliss-reactive ketones (excluding diaryl/α,β-unsaturated/α-hetero) is 1. The number of carbonyl (C=O) groups excluding carboxylic acids is 3. The minimum absolute atomic E-state index is 0.160. The molecule has 0 radical (unpaired) electrons. The normalized spacial score (nSPS) is 10.8. The molecule has 3 aromatic rings. The number of hydrogen-bond acceptors (Lipinski definition) is 6. The number of amides is 1. The van der Waals surface area contributed by atoms with Crippen molar-refractivity contribution in [1.29, 1.82) is 0 Å². The van der Waals surface area contributed by atoms with Crippen LogP contribution in [0.25, 0.3) is 0 Å². The predicted molar refractivity (Wildman–Crippen MR) is 123 cm³/mol. The summed E-state index contributed by atoms with van der Waals surface area (Å²) in [5, 5.41) is 2.72. The van der Waals surface area contributed by atoms with Gasteiger partial charge in [-0.1, -0.05) is 6.07 Å². The van der Waals surface area contributed by atoms with Crippen molar-refractivity contribution in [3.05, 3.63) is 76.5 Å². The van der Waals surface area contributed by atoms with E-state index >= 15 is 0 Å². The molecule has 8 nitrogen and oxygen atoms in total. The number of aryl methyl sites for hydroxylation is 2. The topological polar surface area (TPSA) is 99.8 Å². The summed E-state index contributed by atoms with van der Waals surface area (Å²) in [4.78, 5) is 37.5. The second kappa shape index (κ2) is 10.8. The number of furan rings is 1. The van der Waals surface area contributed by atoms with Crippen molar-refractivity contribution in [3.8, 4) is 0 Å². The Kier molecular flexibility index (Phi) is 7.84. The number of aromatic nitrogens is 1. The summed E-state index contributed by atoms with van der Waals surface area (Å²) in [5.41, 5.74) is 3.79. The lowest BCUT2D eigenvalue weighted by Crippen LogP contribution is -2.16. The summed E-state index contributed by atoms with van der Waals surface area (Å²) in [6.07, 6.45) is 2.24. The summed E-state index contributed by atoms with van der Waals surface area (Å²) in [6, 6.07) is 9.78. The van der Waals surface area contributed by atoms with E-state index in [0.717, 1.165) is 29.9 Å². The van der Waals surface area contributed by atoms with Crippen LogP contribution in [0.5, 0.6) is 0 Å². The third kappa shape index (κ3) is 5.78. The monoisotopic (exact) mass is 452 g/mol. The Bertz CT molecular complexity index is 1140. The maximum absolute atomic E-state index is 12.7. The van der Waals surface area contributed by atoms with Crippen LogP contribution >= 0.6 is 0 Å². The SMILES string of the molecule is COCCCn1c(C)cc(C(=O)COC(=O)c2ccc(C)c(NC(=O)c3ccco3)c2)c1C. The smallest absolute Gasteiger partial charge is 0.338 e. The van der Waals surface area contributed by atoms with Crippen molar-refractivity contribution in [2.24, 2.45) is 0 Å². The van der Waals surface area contributed by atoms with Crippen molar-refractivity contribution < 1.29 is 28.3 Å². The molecule has 0 atom stereocenters. The van der Waals surface area contributed by atoms with E-state index in [0.29, 0.717) is 17.9 Å². The molecule has 8 heteroatoms. The molecule has 0 spiro atoms. The summed E-state index contributed by atoms with van der Waals surface area (Å²) >= 11 is 0. The number of benzene rings is 1. The summed E-state index contributed by atoms with van der Waals surface area (Å²) in [6.45, 7) is 6.63. The fourth-order valence-corrected chi connectivity index (χ4v) is 3.56. The zero-order valence-corrected chi connectivity index (χ0v) is 19.3. The van der Waals surface area contributed by atoms with Crippen molar-refractivity contribution in [2.45, 2.75) is 33.7 Å². The van der Waals surface area contributed by atoms with E-state index in [1.165, 1.54) is 12.3 Å². The lowest BCUT2D eigenvalue weighted by Gasteiger charge is -2.10. The number of hydrogen-bond donors (Lipinski definition) is 1. The molecular weight excluding hydrogens is 424 g/mol. The number of nitrogens with zero attached hydrogens (tertiary/aromatic N) is 1. The van der Waals surface area contributed by atoms with Crippen LogP contribution in [0, 0.1) is 20.8 Å². The van der Waals surface area contributed by atoms with Gasteiger partial charge in [0.15, 0.2) is 12.4 Å². The molecule has 0 aliphatic rings.